The molecule has 0 atom stereocenters. The number of halogens is 3. The molecule has 1 aliphatic carbocycles. The van der Waals surface area contributed by atoms with Crippen LogP contribution in [0.3, 0.4) is 0 Å². The molecule has 1 aromatic rings. The average Bonchev–Trinajstić information content (AvgIpc) is 2.47. The number of amides is 2. The largest absolute Gasteiger partial charge is 0.388 e. The van der Waals surface area contributed by atoms with E-state index in [0.29, 0.717) is 12.8 Å². The van der Waals surface area contributed by atoms with Gasteiger partial charge in [-0.1, -0.05) is 19.3 Å². The van der Waals surface area contributed by atoms with E-state index in [4.69, 9.17) is 0 Å². The Morgan fingerprint density at radius 2 is 1.81 bits per heavy atom. The Labute approximate surface area is 120 Å². The van der Waals surface area contributed by atoms with E-state index in [9.17, 15) is 23.1 Å². The Kier molecular flexibility index (Phi) is 4.72. The molecule has 7 heteroatoms. The van der Waals surface area contributed by atoms with Crippen molar-refractivity contribution in [2.24, 2.45) is 0 Å². The fraction of sp³-hybridized carbons (Fsp3) is 0.500. The molecule has 2 amide bonds. The van der Waals surface area contributed by atoms with E-state index in [1.54, 1.807) is 0 Å². The lowest BCUT2D eigenvalue weighted by atomic mass is 9.85. The maximum absolute atomic E-state index is 13.4. The molecule has 4 nitrogen and oxygen atoms in total. The Balaban J connectivity index is 1.91. The Hall–Kier alpha value is -1.76. The van der Waals surface area contributed by atoms with Crippen molar-refractivity contribution >= 4 is 11.7 Å². The van der Waals surface area contributed by atoms with Crippen LogP contribution in [0.2, 0.25) is 0 Å². The van der Waals surface area contributed by atoms with Crippen molar-refractivity contribution in [3.8, 4) is 0 Å². The lowest BCUT2D eigenvalue weighted by molar-refractivity contribution is 0.00755. The van der Waals surface area contributed by atoms with E-state index >= 15 is 0 Å². The van der Waals surface area contributed by atoms with E-state index in [0.717, 1.165) is 31.4 Å². The molecule has 0 bridgehead atoms. The van der Waals surface area contributed by atoms with Gasteiger partial charge in [0.1, 0.15) is 0 Å². The molecule has 21 heavy (non-hydrogen) atoms. The Morgan fingerprint density at radius 1 is 1.14 bits per heavy atom. The van der Waals surface area contributed by atoms with Crippen molar-refractivity contribution in [1.82, 2.24) is 5.32 Å². The molecule has 1 aromatic carbocycles. The maximum atomic E-state index is 13.4. The monoisotopic (exact) mass is 302 g/mol. The minimum atomic E-state index is -1.64. The van der Waals surface area contributed by atoms with Crippen LogP contribution in [0.15, 0.2) is 12.1 Å². The number of anilines is 1. The number of aliphatic hydroxyl groups is 1. The molecular weight excluding hydrogens is 285 g/mol. The summed E-state index contributed by atoms with van der Waals surface area (Å²) in [5, 5.41) is 14.7. The molecule has 0 aromatic heterocycles. The maximum Gasteiger partial charge on any atom is 0.319 e. The molecule has 0 heterocycles. The van der Waals surface area contributed by atoms with Crippen molar-refractivity contribution in [3.05, 3.63) is 29.6 Å². The van der Waals surface area contributed by atoms with Crippen LogP contribution >= 0.6 is 0 Å². The second-order valence-corrected chi connectivity index (χ2v) is 5.32. The predicted molar refractivity (Wildman–Crippen MR) is 71.4 cm³/mol. The topological polar surface area (TPSA) is 61.4 Å². The number of carbonyl (C=O) groups excluding carboxylic acids is 1. The third-order valence-electron chi connectivity index (χ3n) is 3.65. The lowest BCUT2D eigenvalue weighted by Gasteiger charge is -2.32. The molecule has 3 N–H and O–H groups in total. The highest BCUT2D eigenvalue weighted by atomic mass is 19.2. The zero-order valence-electron chi connectivity index (χ0n) is 11.4. The Morgan fingerprint density at radius 3 is 2.48 bits per heavy atom. The zero-order chi connectivity index (χ0) is 15.5. The van der Waals surface area contributed by atoms with Crippen LogP contribution in [0.1, 0.15) is 32.1 Å². The van der Waals surface area contributed by atoms with Crippen LogP contribution in [0.5, 0.6) is 0 Å². The van der Waals surface area contributed by atoms with Crippen molar-refractivity contribution in [1.29, 1.82) is 0 Å². The zero-order valence-corrected chi connectivity index (χ0v) is 11.4. The fourth-order valence-corrected chi connectivity index (χ4v) is 2.42. The summed E-state index contributed by atoms with van der Waals surface area (Å²) in [4.78, 5) is 11.6. The second kappa shape index (κ2) is 6.34. The molecule has 1 aliphatic rings. The van der Waals surface area contributed by atoms with Gasteiger partial charge >= 0.3 is 6.03 Å². The van der Waals surface area contributed by atoms with Crippen molar-refractivity contribution in [2.75, 3.05) is 11.9 Å². The van der Waals surface area contributed by atoms with Gasteiger partial charge in [-0.15, -0.1) is 0 Å². The van der Waals surface area contributed by atoms with Gasteiger partial charge in [0.25, 0.3) is 0 Å². The van der Waals surface area contributed by atoms with Gasteiger partial charge in [-0.05, 0) is 25.0 Å². The fourth-order valence-electron chi connectivity index (χ4n) is 2.42. The van der Waals surface area contributed by atoms with Crippen LogP contribution in [0.4, 0.5) is 23.7 Å². The molecule has 0 spiro atoms. The van der Waals surface area contributed by atoms with Crippen LogP contribution in [0, 0.1) is 17.5 Å². The SMILES string of the molecule is O=C(NCC1(O)CCCCC1)Nc1ccc(F)c(F)c1F. The van der Waals surface area contributed by atoms with Gasteiger partial charge in [-0.2, -0.15) is 0 Å². The first kappa shape index (κ1) is 15.6. The van der Waals surface area contributed by atoms with Crippen molar-refractivity contribution < 1.29 is 23.1 Å². The number of carbonyl (C=O) groups is 1. The number of urea groups is 1. The molecule has 1 saturated carbocycles. The molecule has 116 valence electrons. The standard InChI is InChI=1S/C14H17F3N2O2/c15-9-4-5-10(12(17)11(9)16)19-13(20)18-8-14(21)6-2-1-3-7-14/h4-5,21H,1-3,6-8H2,(H2,18,19,20). The van der Waals surface area contributed by atoms with E-state index in [2.05, 4.69) is 10.6 Å². The van der Waals surface area contributed by atoms with E-state index in [1.807, 2.05) is 0 Å². The number of hydrogen-bond donors (Lipinski definition) is 3. The molecular formula is C14H17F3N2O2. The highest BCUT2D eigenvalue weighted by Crippen LogP contribution is 2.27. The summed E-state index contributed by atoms with van der Waals surface area (Å²) in [5.74, 6) is -4.42. The van der Waals surface area contributed by atoms with Crippen LogP contribution in [-0.4, -0.2) is 23.3 Å². The first-order valence-corrected chi connectivity index (χ1v) is 6.82. The van der Waals surface area contributed by atoms with E-state index in [-0.39, 0.29) is 6.54 Å². The molecule has 1 fully saturated rings. The third-order valence-corrected chi connectivity index (χ3v) is 3.65. The van der Waals surface area contributed by atoms with Gasteiger partial charge in [0.2, 0.25) is 0 Å². The molecule has 0 unspecified atom stereocenters. The van der Waals surface area contributed by atoms with Gasteiger partial charge in [0.05, 0.1) is 11.3 Å². The summed E-state index contributed by atoms with van der Waals surface area (Å²) in [7, 11) is 0. The van der Waals surface area contributed by atoms with Crippen LogP contribution < -0.4 is 10.6 Å². The molecule has 0 saturated heterocycles. The molecule has 0 aliphatic heterocycles. The lowest BCUT2D eigenvalue weighted by Crippen LogP contribution is -2.45. The molecule has 2 rings (SSSR count). The number of benzene rings is 1. The summed E-state index contributed by atoms with van der Waals surface area (Å²) < 4.78 is 39.2. The van der Waals surface area contributed by atoms with E-state index < -0.39 is 34.8 Å². The normalized spacial score (nSPS) is 17.3. The van der Waals surface area contributed by atoms with Gasteiger partial charge in [0, 0.05) is 6.54 Å². The summed E-state index contributed by atoms with van der Waals surface area (Å²) >= 11 is 0. The summed E-state index contributed by atoms with van der Waals surface area (Å²) in [5.41, 5.74) is -1.41. The summed E-state index contributed by atoms with van der Waals surface area (Å²) in [6, 6.07) is 0.879. The average molecular weight is 302 g/mol. The third kappa shape index (κ3) is 3.87. The van der Waals surface area contributed by atoms with Gasteiger partial charge in [-0.3, -0.25) is 0 Å². The van der Waals surface area contributed by atoms with E-state index in [1.165, 1.54) is 0 Å². The number of nitrogens with one attached hydrogen (secondary N) is 2. The molecule has 0 radical (unpaired) electrons. The minimum absolute atomic E-state index is 0.0319. The summed E-state index contributed by atoms with van der Waals surface area (Å²) in [6.07, 6.45) is 4.00. The minimum Gasteiger partial charge on any atom is -0.388 e. The number of rotatable bonds is 3. The predicted octanol–water partition coefficient (Wildman–Crippen LogP) is 2.92. The number of hydrogen-bond acceptors (Lipinski definition) is 2. The van der Waals surface area contributed by atoms with Gasteiger partial charge in [-0.25, -0.2) is 18.0 Å². The van der Waals surface area contributed by atoms with Gasteiger partial charge in [0.15, 0.2) is 17.5 Å². The van der Waals surface area contributed by atoms with Crippen molar-refractivity contribution in [3.63, 3.8) is 0 Å². The smallest absolute Gasteiger partial charge is 0.319 e. The van der Waals surface area contributed by atoms with Crippen LogP contribution in [-0.2, 0) is 0 Å². The second-order valence-electron chi connectivity index (χ2n) is 5.32. The Bertz CT molecular complexity index is 531. The van der Waals surface area contributed by atoms with Crippen molar-refractivity contribution in [2.45, 2.75) is 37.7 Å². The van der Waals surface area contributed by atoms with Crippen LogP contribution in [0.25, 0.3) is 0 Å². The van der Waals surface area contributed by atoms with Gasteiger partial charge < -0.3 is 15.7 Å². The summed E-state index contributed by atoms with van der Waals surface area (Å²) in [6.45, 7) is 0.0319. The highest BCUT2D eigenvalue weighted by Gasteiger charge is 2.29. The highest BCUT2D eigenvalue weighted by molar-refractivity contribution is 5.89. The first-order valence-electron chi connectivity index (χ1n) is 6.82. The first-order chi connectivity index (χ1) is 9.91. The quantitative estimate of drug-likeness (QED) is 0.752.